The Morgan fingerprint density at radius 1 is 1.09 bits per heavy atom. The monoisotopic (exact) mass is 456 g/mol. The molecule has 174 valence electrons. The lowest BCUT2D eigenvalue weighted by molar-refractivity contribution is -0.130. The van der Waals surface area contributed by atoms with E-state index in [-0.39, 0.29) is 17.6 Å². The third kappa shape index (κ3) is 4.46. The van der Waals surface area contributed by atoms with Gasteiger partial charge in [0.25, 0.3) is 5.56 Å². The van der Waals surface area contributed by atoms with Crippen molar-refractivity contribution in [3.8, 4) is 16.9 Å². The number of aromatic nitrogens is 3. The van der Waals surface area contributed by atoms with Gasteiger partial charge in [-0.3, -0.25) is 14.3 Å². The van der Waals surface area contributed by atoms with Crippen molar-refractivity contribution < 1.29 is 9.53 Å². The lowest BCUT2D eigenvalue weighted by atomic mass is 10.0. The van der Waals surface area contributed by atoms with Crippen molar-refractivity contribution in [1.29, 1.82) is 0 Å². The average molecular weight is 457 g/mol. The zero-order valence-electron chi connectivity index (χ0n) is 19.5. The molecule has 0 saturated carbocycles. The van der Waals surface area contributed by atoms with Crippen LogP contribution in [0.15, 0.2) is 71.8 Å². The van der Waals surface area contributed by atoms with E-state index >= 15 is 0 Å². The number of fused-ring (bicyclic) bond motifs is 1. The second-order valence-corrected chi connectivity index (χ2v) is 8.89. The number of rotatable bonds is 5. The van der Waals surface area contributed by atoms with Crippen LogP contribution in [0.2, 0.25) is 0 Å². The molecule has 7 heteroatoms. The van der Waals surface area contributed by atoms with Gasteiger partial charge in [0.15, 0.2) is 0 Å². The highest BCUT2D eigenvalue weighted by molar-refractivity contribution is 5.85. The minimum atomic E-state index is -0.116. The van der Waals surface area contributed by atoms with Gasteiger partial charge >= 0.3 is 0 Å². The molecule has 1 aliphatic heterocycles. The fraction of sp³-hybridized carbons (Fsp3) is 0.296. The van der Waals surface area contributed by atoms with Gasteiger partial charge in [-0.1, -0.05) is 42.5 Å². The van der Waals surface area contributed by atoms with Crippen LogP contribution in [0, 0.1) is 0 Å². The molecule has 3 heterocycles. The van der Waals surface area contributed by atoms with Crippen LogP contribution in [0.3, 0.4) is 0 Å². The summed E-state index contributed by atoms with van der Waals surface area (Å²) in [7, 11) is 1.75. The summed E-state index contributed by atoms with van der Waals surface area (Å²) in [6.45, 7) is 3.62. The highest BCUT2D eigenvalue weighted by Crippen LogP contribution is 2.33. The lowest BCUT2D eigenvalue weighted by Gasteiger charge is -2.32. The standard InChI is InChI=1S/C27H28N4O3/c1-19(32)30-12-10-23(11-13-30)34-26-15-27(33)29(2)18-24(26)21-8-9-22-16-28-31(25(22)14-21)17-20-6-4-3-5-7-20/h3-9,14-16,18,23H,10-13,17H2,1-2H3. The maximum Gasteiger partial charge on any atom is 0.254 e. The Bertz CT molecular complexity index is 1380. The Kier molecular flexibility index (Phi) is 5.92. The maximum atomic E-state index is 12.5. The maximum absolute atomic E-state index is 12.5. The quantitative estimate of drug-likeness (QED) is 0.458. The third-order valence-corrected chi connectivity index (χ3v) is 6.50. The molecule has 1 aliphatic rings. The number of likely N-dealkylation sites (tertiary alicyclic amines) is 1. The number of pyridine rings is 1. The summed E-state index contributed by atoms with van der Waals surface area (Å²) in [5, 5.41) is 5.65. The van der Waals surface area contributed by atoms with Gasteiger partial charge in [-0.2, -0.15) is 5.10 Å². The predicted molar refractivity (Wildman–Crippen MR) is 132 cm³/mol. The van der Waals surface area contributed by atoms with Crippen molar-refractivity contribution in [3.63, 3.8) is 0 Å². The summed E-state index contributed by atoms with van der Waals surface area (Å²) in [5.41, 5.74) is 3.92. The minimum absolute atomic E-state index is 0.0335. The number of hydrogen-bond donors (Lipinski definition) is 0. The molecule has 1 saturated heterocycles. The van der Waals surface area contributed by atoms with E-state index in [0.29, 0.717) is 25.4 Å². The van der Waals surface area contributed by atoms with Crippen molar-refractivity contribution >= 4 is 16.8 Å². The second kappa shape index (κ2) is 9.17. The number of benzene rings is 2. The first-order valence-electron chi connectivity index (χ1n) is 11.6. The second-order valence-electron chi connectivity index (χ2n) is 8.89. The Hall–Kier alpha value is -3.87. The van der Waals surface area contributed by atoms with Gasteiger partial charge in [-0.15, -0.1) is 0 Å². The molecule has 0 atom stereocenters. The Balaban J connectivity index is 1.47. The average Bonchev–Trinajstić information content (AvgIpc) is 3.24. The summed E-state index contributed by atoms with van der Waals surface area (Å²) in [6, 6.07) is 18.0. The molecule has 0 aliphatic carbocycles. The fourth-order valence-electron chi connectivity index (χ4n) is 4.52. The number of piperidine rings is 1. The highest BCUT2D eigenvalue weighted by Gasteiger charge is 2.23. The van der Waals surface area contributed by atoms with Gasteiger partial charge in [0, 0.05) is 63.1 Å². The number of amides is 1. The van der Waals surface area contributed by atoms with Crippen LogP contribution >= 0.6 is 0 Å². The molecule has 0 unspecified atom stereocenters. The predicted octanol–water partition coefficient (Wildman–Crippen LogP) is 3.84. The Morgan fingerprint density at radius 3 is 2.59 bits per heavy atom. The first-order chi connectivity index (χ1) is 16.5. The molecule has 7 nitrogen and oxygen atoms in total. The van der Waals surface area contributed by atoms with Gasteiger partial charge < -0.3 is 14.2 Å². The minimum Gasteiger partial charge on any atom is -0.489 e. The van der Waals surface area contributed by atoms with Crippen molar-refractivity contribution in [3.05, 3.63) is 82.9 Å². The molecule has 2 aromatic heterocycles. The van der Waals surface area contributed by atoms with E-state index in [4.69, 9.17) is 4.74 Å². The van der Waals surface area contributed by atoms with Crippen LogP contribution < -0.4 is 10.3 Å². The first-order valence-corrected chi connectivity index (χ1v) is 11.6. The zero-order valence-corrected chi connectivity index (χ0v) is 19.5. The number of nitrogens with zero attached hydrogens (tertiary/aromatic N) is 4. The largest absolute Gasteiger partial charge is 0.489 e. The highest BCUT2D eigenvalue weighted by atomic mass is 16.5. The summed E-state index contributed by atoms with van der Waals surface area (Å²) < 4.78 is 9.92. The topological polar surface area (TPSA) is 69.4 Å². The molecular weight excluding hydrogens is 428 g/mol. The first kappa shape index (κ1) is 21.9. The smallest absolute Gasteiger partial charge is 0.254 e. The number of ether oxygens (including phenoxy) is 1. The van der Waals surface area contributed by atoms with Gasteiger partial charge in [0.05, 0.1) is 18.3 Å². The summed E-state index contributed by atoms with van der Waals surface area (Å²) in [5.74, 6) is 0.672. The Labute approximate surface area is 198 Å². The van der Waals surface area contributed by atoms with E-state index in [1.807, 2.05) is 46.2 Å². The zero-order chi connectivity index (χ0) is 23.7. The number of carbonyl (C=O) groups excluding carboxylic acids is 1. The van der Waals surface area contributed by atoms with Crippen LogP contribution in [0.5, 0.6) is 5.75 Å². The molecule has 0 bridgehead atoms. The van der Waals surface area contributed by atoms with E-state index in [2.05, 4.69) is 29.4 Å². The normalized spacial score (nSPS) is 14.5. The molecule has 34 heavy (non-hydrogen) atoms. The van der Waals surface area contributed by atoms with Gasteiger partial charge in [-0.05, 0) is 17.2 Å². The number of aryl methyl sites for hydroxylation is 1. The molecular formula is C27H28N4O3. The number of hydrogen-bond acceptors (Lipinski definition) is 4. The van der Waals surface area contributed by atoms with Crippen molar-refractivity contribution in [2.24, 2.45) is 7.05 Å². The van der Waals surface area contributed by atoms with Crippen molar-refractivity contribution in [2.45, 2.75) is 32.4 Å². The molecule has 1 fully saturated rings. The summed E-state index contributed by atoms with van der Waals surface area (Å²) >= 11 is 0. The van der Waals surface area contributed by atoms with Gasteiger partial charge in [0.2, 0.25) is 5.91 Å². The van der Waals surface area contributed by atoms with Crippen LogP contribution in [-0.2, 0) is 18.4 Å². The molecule has 4 aromatic rings. The van der Waals surface area contributed by atoms with Gasteiger partial charge in [0.1, 0.15) is 11.9 Å². The lowest BCUT2D eigenvalue weighted by Crippen LogP contribution is -2.40. The van der Waals surface area contributed by atoms with E-state index in [0.717, 1.165) is 34.9 Å². The van der Waals surface area contributed by atoms with Crippen LogP contribution in [0.25, 0.3) is 22.0 Å². The van der Waals surface area contributed by atoms with E-state index in [1.165, 1.54) is 5.56 Å². The molecule has 5 rings (SSSR count). The van der Waals surface area contributed by atoms with E-state index < -0.39 is 0 Å². The van der Waals surface area contributed by atoms with Crippen molar-refractivity contribution in [2.75, 3.05) is 13.1 Å². The Morgan fingerprint density at radius 2 is 1.85 bits per heavy atom. The summed E-state index contributed by atoms with van der Waals surface area (Å²) in [4.78, 5) is 25.9. The van der Waals surface area contributed by atoms with Crippen LogP contribution in [-0.4, -0.2) is 44.3 Å². The molecule has 0 spiro atoms. The third-order valence-electron chi connectivity index (χ3n) is 6.50. The van der Waals surface area contributed by atoms with E-state index in [1.54, 1.807) is 24.6 Å². The van der Waals surface area contributed by atoms with Crippen LogP contribution in [0.1, 0.15) is 25.3 Å². The molecule has 2 aromatic carbocycles. The summed E-state index contributed by atoms with van der Waals surface area (Å²) in [6.07, 6.45) is 5.17. The molecule has 0 radical (unpaired) electrons. The molecule has 1 amide bonds. The van der Waals surface area contributed by atoms with Crippen LogP contribution in [0.4, 0.5) is 0 Å². The van der Waals surface area contributed by atoms with Crippen molar-refractivity contribution in [1.82, 2.24) is 19.2 Å². The SMILES string of the molecule is CC(=O)N1CCC(Oc2cc(=O)n(C)cc2-c2ccc3cnn(Cc4ccccc4)c3c2)CC1. The molecule has 0 N–H and O–H groups in total. The fourth-order valence-corrected chi connectivity index (χ4v) is 4.52. The van der Waals surface area contributed by atoms with E-state index in [9.17, 15) is 9.59 Å². The van der Waals surface area contributed by atoms with Gasteiger partial charge in [-0.25, -0.2) is 0 Å². The number of carbonyl (C=O) groups is 1.